The minimum atomic E-state index is 0.0672. The molecule has 0 unspecified atom stereocenters. The maximum atomic E-state index is 13.7. The molecular weight excluding hydrogens is 426 g/mol. The molecule has 4 heterocycles. The van der Waals surface area contributed by atoms with Crippen LogP contribution in [0, 0.1) is 13.8 Å². The number of hydrogen-bond acceptors (Lipinski definition) is 5. The van der Waals surface area contributed by atoms with E-state index in [1.54, 1.807) is 0 Å². The molecule has 0 atom stereocenters. The monoisotopic (exact) mass is 457 g/mol. The molecule has 176 valence electrons. The number of fused-ring (bicyclic) bond motifs is 1. The van der Waals surface area contributed by atoms with Gasteiger partial charge in [-0.2, -0.15) is 10.2 Å². The molecular formula is C26H31N7O. The van der Waals surface area contributed by atoms with Crippen molar-refractivity contribution in [3.63, 3.8) is 0 Å². The van der Waals surface area contributed by atoms with Crippen LogP contribution in [0.5, 0.6) is 0 Å². The van der Waals surface area contributed by atoms with E-state index in [4.69, 9.17) is 4.98 Å². The molecule has 1 amide bonds. The molecule has 8 nitrogen and oxygen atoms in total. The van der Waals surface area contributed by atoms with E-state index < -0.39 is 0 Å². The summed E-state index contributed by atoms with van der Waals surface area (Å²) in [6, 6.07) is 9.84. The maximum absolute atomic E-state index is 13.7. The van der Waals surface area contributed by atoms with E-state index in [-0.39, 0.29) is 5.91 Å². The van der Waals surface area contributed by atoms with Crippen molar-refractivity contribution in [3.05, 3.63) is 65.2 Å². The molecule has 34 heavy (non-hydrogen) atoms. The third kappa shape index (κ3) is 4.09. The molecule has 1 aromatic carbocycles. The Morgan fingerprint density at radius 3 is 2.53 bits per heavy atom. The first kappa shape index (κ1) is 22.3. The van der Waals surface area contributed by atoms with E-state index in [0.717, 1.165) is 59.7 Å². The summed E-state index contributed by atoms with van der Waals surface area (Å²) in [5.74, 6) is 0.0672. The van der Waals surface area contributed by atoms with Gasteiger partial charge in [-0.15, -0.1) is 0 Å². The van der Waals surface area contributed by atoms with Crippen LogP contribution >= 0.6 is 0 Å². The summed E-state index contributed by atoms with van der Waals surface area (Å²) in [6.45, 7) is 10.9. The minimum absolute atomic E-state index is 0.0672. The number of pyridine rings is 1. The van der Waals surface area contributed by atoms with Gasteiger partial charge in [0.15, 0.2) is 0 Å². The molecule has 4 aromatic rings. The van der Waals surface area contributed by atoms with E-state index in [0.29, 0.717) is 18.7 Å². The number of aromatic nitrogens is 5. The lowest BCUT2D eigenvalue weighted by atomic mass is 10.0. The molecule has 1 aliphatic heterocycles. The topological polar surface area (TPSA) is 72.1 Å². The van der Waals surface area contributed by atoms with E-state index >= 15 is 0 Å². The van der Waals surface area contributed by atoms with Gasteiger partial charge in [-0.3, -0.25) is 19.1 Å². The molecule has 0 spiro atoms. The molecule has 0 saturated carbocycles. The number of nitrogens with zero attached hydrogens (tertiary/aromatic N) is 7. The Kier molecular flexibility index (Phi) is 5.91. The van der Waals surface area contributed by atoms with Gasteiger partial charge in [0.25, 0.3) is 5.91 Å². The van der Waals surface area contributed by atoms with Crippen LogP contribution in [-0.4, -0.2) is 66.4 Å². The van der Waals surface area contributed by atoms with Crippen LogP contribution in [0.1, 0.15) is 34.2 Å². The number of carbonyl (C=O) groups excluding carboxylic acids is 1. The van der Waals surface area contributed by atoms with Crippen LogP contribution in [0.25, 0.3) is 22.2 Å². The molecule has 1 saturated heterocycles. The van der Waals surface area contributed by atoms with Gasteiger partial charge in [-0.1, -0.05) is 18.2 Å². The molecule has 0 aliphatic carbocycles. The summed E-state index contributed by atoms with van der Waals surface area (Å²) in [5, 5.41) is 9.82. The number of benzene rings is 1. The molecule has 1 fully saturated rings. The van der Waals surface area contributed by atoms with E-state index in [9.17, 15) is 4.79 Å². The zero-order valence-electron chi connectivity index (χ0n) is 20.3. The molecule has 5 rings (SSSR count). The second-order valence-electron chi connectivity index (χ2n) is 9.01. The third-order valence-electron chi connectivity index (χ3n) is 6.79. The van der Waals surface area contributed by atoms with E-state index in [1.165, 1.54) is 5.56 Å². The van der Waals surface area contributed by atoms with Crippen molar-refractivity contribution >= 4 is 16.8 Å². The normalized spacial score (nSPS) is 14.8. The fraction of sp³-hybridized carbons (Fsp3) is 0.385. The van der Waals surface area contributed by atoms with Crippen molar-refractivity contribution in [1.82, 2.24) is 34.3 Å². The quantitative estimate of drug-likeness (QED) is 0.459. The van der Waals surface area contributed by atoms with E-state index in [1.807, 2.05) is 71.7 Å². The minimum Gasteiger partial charge on any atom is -0.336 e. The highest BCUT2D eigenvalue weighted by Crippen LogP contribution is 2.28. The summed E-state index contributed by atoms with van der Waals surface area (Å²) in [7, 11) is 1.95. The Morgan fingerprint density at radius 1 is 1.09 bits per heavy atom. The zero-order valence-corrected chi connectivity index (χ0v) is 20.3. The highest BCUT2D eigenvalue weighted by Gasteiger charge is 2.25. The van der Waals surface area contributed by atoms with Crippen molar-refractivity contribution in [1.29, 1.82) is 0 Å². The first-order chi connectivity index (χ1) is 16.4. The van der Waals surface area contributed by atoms with Crippen LogP contribution in [0.3, 0.4) is 0 Å². The Balaban J connectivity index is 1.40. The summed E-state index contributed by atoms with van der Waals surface area (Å²) in [5.41, 5.74) is 6.68. The van der Waals surface area contributed by atoms with Crippen LogP contribution in [0.2, 0.25) is 0 Å². The fourth-order valence-corrected chi connectivity index (χ4v) is 4.83. The summed E-state index contributed by atoms with van der Waals surface area (Å²) >= 11 is 0. The zero-order chi connectivity index (χ0) is 23.8. The van der Waals surface area contributed by atoms with Crippen LogP contribution in [0.4, 0.5) is 0 Å². The van der Waals surface area contributed by atoms with Gasteiger partial charge in [0, 0.05) is 74.7 Å². The molecule has 0 N–H and O–H groups in total. The van der Waals surface area contributed by atoms with Crippen molar-refractivity contribution in [2.45, 2.75) is 33.9 Å². The molecule has 3 aromatic heterocycles. The maximum Gasteiger partial charge on any atom is 0.254 e. The first-order valence-corrected chi connectivity index (χ1v) is 11.9. The van der Waals surface area contributed by atoms with Gasteiger partial charge in [0.1, 0.15) is 0 Å². The molecule has 1 aliphatic rings. The Hall–Kier alpha value is -3.52. The van der Waals surface area contributed by atoms with Gasteiger partial charge in [0.2, 0.25) is 0 Å². The van der Waals surface area contributed by atoms with Gasteiger partial charge in [-0.25, -0.2) is 4.98 Å². The van der Waals surface area contributed by atoms with Crippen LogP contribution < -0.4 is 0 Å². The van der Waals surface area contributed by atoms with Crippen LogP contribution in [-0.2, 0) is 20.1 Å². The van der Waals surface area contributed by atoms with Crippen molar-refractivity contribution < 1.29 is 4.79 Å². The van der Waals surface area contributed by atoms with Crippen molar-refractivity contribution in [3.8, 4) is 11.3 Å². The molecule has 0 bridgehead atoms. The molecule has 8 heteroatoms. The summed E-state index contributed by atoms with van der Waals surface area (Å²) < 4.78 is 3.82. The Morgan fingerprint density at radius 2 is 1.85 bits per heavy atom. The van der Waals surface area contributed by atoms with Gasteiger partial charge in [-0.05, 0) is 32.9 Å². The number of para-hydroxylation sites is 1. The summed E-state index contributed by atoms with van der Waals surface area (Å²) in [6.07, 6.45) is 3.93. The van der Waals surface area contributed by atoms with Crippen molar-refractivity contribution in [2.24, 2.45) is 7.05 Å². The highest BCUT2D eigenvalue weighted by molar-refractivity contribution is 6.07. The Labute approximate surface area is 199 Å². The Bertz CT molecular complexity index is 1340. The lowest BCUT2D eigenvalue weighted by molar-refractivity contribution is 0.0630. The van der Waals surface area contributed by atoms with Gasteiger partial charge < -0.3 is 4.90 Å². The smallest absolute Gasteiger partial charge is 0.254 e. The van der Waals surface area contributed by atoms with Gasteiger partial charge in [0.05, 0.1) is 28.7 Å². The molecule has 0 radical (unpaired) electrons. The second-order valence-corrected chi connectivity index (χ2v) is 9.01. The average molecular weight is 458 g/mol. The average Bonchev–Trinajstić information content (AvgIpc) is 3.38. The number of carbonyl (C=O) groups is 1. The lowest BCUT2D eigenvalue weighted by Crippen LogP contribution is -2.48. The number of aryl methyl sites for hydroxylation is 3. The lowest BCUT2D eigenvalue weighted by Gasteiger charge is -2.35. The number of rotatable bonds is 5. The fourth-order valence-electron chi connectivity index (χ4n) is 4.83. The standard InChI is InChI=1S/C26H31N7O/c1-5-33-19(3)23(15-27-33)25-14-22(21-8-6-7-9-24(21)28-25)26(34)32-12-10-31(11-13-32)17-20-16-30(4)29-18(20)2/h6-9,14-16H,5,10-13,17H2,1-4H3. The van der Waals surface area contributed by atoms with Crippen LogP contribution in [0.15, 0.2) is 42.7 Å². The van der Waals surface area contributed by atoms with Gasteiger partial charge >= 0.3 is 0 Å². The first-order valence-electron chi connectivity index (χ1n) is 11.9. The van der Waals surface area contributed by atoms with E-state index in [2.05, 4.69) is 28.2 Å². The number of hydrogen-bond donors (Lipinski definition) is 0. The predicted molar refractivity (Wildman–Crippen MR) is 133 cm³/mol. The highest BCUT2D eigenvalue weighted by atomic mass is 16.2. The second kappa shape index (κ2) is 9.02. The van der Waals surface area contributed by atoms with Crippen molar-refractivity contribution in [2.75, 3.05) is 26.2 Å². The number of piperazine rings is 1. The largest absolute Gasteiger partial charge is 0.336 e. The summed E-state index contributed by atoms with van der Waals surface area (Å²) in [4.78, 5) is 23.0. The predicted octanol–water partition coefficient (Wildman–Crippen LogP) is 3.43. The SMILES string of the molecule is CCn1ncc(-c2cc(C(=O)N3CCN(Cc4cn(C)nc4C)CC3)c3ccccc3n2)c1C. The number of amides is 1. The third-order valence-corrected chi connectivity index (χ3v) is 6.79.